The molecule has 2 amide bonds. The topological polar surface area (TPSA) is 71.1 Å². The van der Waals surface area contributed by atoms with E-state index in [4.69, 9.17) is 21.7 Å². The van der Waals surface area contributed by atoms with Crippen LogP contribution in [0.5, 0.6) is 11.5 Å². The van der Waals surface area contributed by atoms with Gasteiger partial charge in [0, 0.05) is 11.4 Å². The van der Waals surface area contributed by atoms with Crippen LogP contribution in [0.3, 0.4) is 0 Å². The molecule has 0 radical (unpaired) electrons. The van der Waals surface area contributed by atoms with E-state index in [1.807, 2.05) is 0 Å². The second-order valence-electron chi connectivity index (χ2n) is 7.50. The molecular formula is C25H22FN3O4S. The molecule has 0 aromatic heterocycles. The second kappa shape index (κ2) is 9.88. The van der Waals surface area contributed by atoms with Gasteiger partial charge >= 0.3 is 0 Å². The lowest BCUT2D eigenvalue weighted by molar-refractivity contribution is -0.122. The highest BCUT2D eigenvalue weighted by molar-refractivity contribution is 7.81. The second-order valence-corrected chi connectivity index (χ2v) is 7.86. The van der Waals surface area contributed by atoms with Crippen LogP contribution in [0.15, 0.2) is 72.8 Å². The van der Waals surface area contributed by atoms with Crippen LogP contribution in [0.1, 0.15) is 6.42 Å². The Kier molecular flexibility index (Phi) is 6.74. The molecule has 1 aliphatic rings. The van der Waals surface area contributed by atoms with Gasteiger partial charge in [0.2, 0.25) is 5.91 Å². The van der Waals surface area contributed by atoms with Crippen molar-refractivity contribution >= 4 is 46.2 Å². The van der Waals surface area contributed by atoms with Gasteiger partial charge in [-0.05, 0) is 85.0 Å². The number of anilines is 3. The van der Waals surface area contributed by atoms with Gasteiger partial charge in [-0.3, -0.25) is 14.5 Å². The Morgan fingerprint density at radius 1 is 0.912 bits per heavy atom. The molecule has 4 rings (SSSR count). The average Bonchev–Trinajstić information content (AvgIpc) is 3.09. The third kappa shape index (κ3) is 4.69. The largest absolute Gasteiger partial charge is 0.497 e. The van der Waals surface area contributed by atoms with Crippen LogP contribution >= 0.6 is 12.2 Å². The standard InChI is InChI=1S/C25H22FN3O4S/c1-32-20-11-5-17(6-12-20)27-23(30)15-22-24(31)29(19-9-13-21(33-2)14-10-19)25(34)28(22)18-7-3-16(26)4-8-18/h3-14,22H,15H2,1-2H3,(H,27,30)/t22-/m0/s1. The van der Waals surface area contributed by atoms with E-state index in [9.17, 15) is 14.0 Å². The molecule has 0 spiro atoms. The average molecular weight is 480 g/mol. The molecule has 1 atom stereocenters. The van der Waals surface area contributed by atoms with Crippen molar-refractivity contribution in [2.24, 2.45) is 0 Å². The van der Waals surface area contributed by atoms with E-state index in [2.05, 4.69) is 5.32 Å². The van der Waals surface area contributed by atoms with Crippen molar-refractivity contribution in [2.75, 3.05) is 29.3 Å². The fourth-order valence-corrected chi connectivity index (χ4v) is 4.12. The summed E-state index contributed by atoms with van der Waals surface area (Å²) in [7, 11) is 3.11. The Balaban J connectivity index is 1.62. The summed E-state index contributed by atoms with van der Waals surface area (Å²) in [5, 5.41) is 2.99. The first-order chi connectivity index (χ1) is 16.4. The van der Waals surface area contributed by atoms with Gasteiger partial charge in [0.05, 0.1) is 26.3 Å². The van der Waals surface area contributed by atoms with Gasteiger partial charge in [-0.15, -0.1) is 0 Å². The maximum atomic E-state index is 13.6. The fourth-order valence-electron chi connectivity index (χ4n) is 3.70. The normalized spacial score (nSPS) is 15.4. The van der Waals surface area contributed by atoms with Crippen molar-refractivity contribution in [1.82, 2.24) is 0 Å². The van der Waals surface area contributed by atoms with Gasteiger partial charge < -0.3 is 19.7 Å². The number of carbonyl (C=O) groups is 2. The highest BCUT2D eigenvalue weighted by Gasteiger charge is 2.45. The Labute approximate surface area is 201 Å². The Hall–Kier alpha value is -3.98. The van der Waals surface area contributed by atoms with E-state index in [1.165, 1.54) is 29.2 Å². The molecule has 7 nitrogen and oxygen atoms in total. The molecule has 3 aromatic rings. The van der Waals surface area contributed by atoms with Gasteiger partial charge in [0.1, 0.15) is 23.4 Å². The Morgan fingerprint density at radius 2 is 1.44 bits per heavy atom. The van der Waals surface area contributed by atoms with Gasteiger partial charge in [-0.2, -0.15) is 0 Å². The molecule has 0 bridgehead atoms. The van der Waals surface area contributed by atoms with Crippen molar-refractivity contribution in [3.8, 4) is 11.5 Å². The number of hydrogen-bond acceptors (Lipinski definition) is 5. The van der Waals surface area contributed by atoms with Crippen molar-refractivity contribution in [3.05, 3.63) is 78.6 Å². The molecule has 0 saturated carbocycles. The first kappa shape index (κ1) is 23.2. The maximum Gasteiger partial charge on any atom is 0.257 e. The summed E-state index contributed by atoms with van der Waals surface area (Å²) in [6.45, 7) is 0. The molecule has 1 heterocycles. The van der Waals surface area contributed by atoms with E-state index in [0.29, 0.717) is 28.6 Å². The molecule has 0 aliphatic carbocycles. The van der Waals surface area contributed by atoms with Crippen LogP contribution in [-0.4, -0.2) is 37.2 Å². The number of methoxy groups -OCH3 is 2. The zero-order chi connectivity index (χ0) is 24.2. The number of ether oxygens (including phenoxy) is 2. The first-order valence-corrected chi connectivity index (χ1v) is 10.8. The lowest BCUT2D eigenvalue weighted by Gasteiger charge is -2.24. The third-order valence-electron chi connectivity index (χ3n) is 5.40. The SMILES string of the molecule is COc1ccc(NC(=O)C[C@H]2C(=O)N(c3ccc(OC)cc3)C(=S)N2c2ccc(F)cc2)cc1. The molecule has 34 heavy (non-hydrogen) atoms. The van der Waals surface area contributed by atoms with Crippen molar-refractivity contribution in [3.63, 3.8) is 0 Å². The molecule has 3 aromatic carbocycles. The Bertz CT molecular complexity index is 1200. The van der Waals surface area contributed by atoms with Crippen LogP contribution in [0.25, 0.3) is 0 Å². The minimum Gasteiger partial charge on any atom is -0.497 e. The van der Waals surface area contributed by atoms with Crippen LogP contribution in [-0.2, 0) is 9.59 Å². The molecule has 1 N–H and O–H groups in total. The minimum atomic E-state index is -0.904. The van der Waals surface area contributed by atoms with Crippen molar-refractivity contribution < 1.29 is 23.5 Å². The number of benzene rings is 3. The van der Waals surface area contributed by atoms with Crippen LogP contribution in [0.4, 0.5) is 21.5 Å². The summed E-state index contributed by atoms with van der Waals surface area (Å²) in [5.41, 5.74) is 1.62. The highest BCUT2D eigenvalue weighted by atomic mass is 32.1. The fraction of sp³-hybridized carbons (Fsp3) is 0.160. The minimum absolute atomic E-state index is 0.158. The molecular weight excluding hydrogens is 457 g/mol. The zero-order valence-corrected chi connectivity index (χ0v) is 19.3. The predicted molar refractivity (Wildman–Crippen MR) is 132 cm³/mol. The number of hydrogen-bond donors (Lipinski definition) is 1. The lowest BCUT2D eigenvalue weighted by Crippen LogP contribution is -2.38. The number of halogens is 1. The number of nitrogens with one attached hydrogen (secondary N) is 1. The van der Waals surface area contributed by atoms with Crippen LogP contribution < -0.4 is 24.6 Å². The van der Waals surface area contributed by atoms with Gasteiger partial charge in [0.15, 0.2) is 5.11 Å². The smallest absolute Gasteiger partial charge is 0.257 e. The first-order valence-electron chi connectivity index (χ1n) is 10.4. The molecule has 0 unspecified atom stereocenters. The highest BCUT2D eigenvalue weighted by Crippen LogP contribution is 2.32. The summed E-state index contributed by atoms with van der Waals surface area (Å²) in [6.07, 6.45) is -0.158. The maximum absolute atomic E-state index is 13.6. The summed E-state index contributed by atoms with van der Waals surface area (Å²) in [4.78, 5) is 29.3. The molecule has 1 saturated heterocycles. The molecule has 9 heteroatoms. The third-order valence-corrected chi connectivity index (χ3v) is 5.78. The van der Waals surface area contributed by atoms with Crippen LogP contribution in [0.2, 0.25) is 0 Å². The zero-order valence-electron chi connectivity index (χ0n) is 18.5. The van der Waals surface area contributed by atoms with Gasteiger partial charge in [-0.25, -0.2) is 4.39 Å². The number of carbonyl (C=O) groups excluding carboxylic acids is 2. The lowest BCUT2D eigenvalue weighted by atomic mass is 10.1. The van der Waals surface area contributed by atoms with E-state index in [1.54, 1.807) is 67.7 Å². The number of thiocarbonyl (C=S) groups is 1. The number of amides is 2. The summed E-state index contributed by atoms with van der Waals surface area (Å²) >= 11 is 5.64. The van der Waals surface area contributed by atoms with E-state index in [-0.39, 0.29) is 23.3 Å². The van der Waals surface area contributed by atoms with E-state index >= 15 is 0 Å². The quantitative estimate of drug-likeness (QED) is 0.508. The van der Waals surface area contributed by atoms with E-state index < -0.39 is 11.9 Å². The van der Waals surface area contributed by atoms with Crippen molar-refractivity contribution in [1.29, 1.82) is 0 Å². The van der Waals surface area contributed by atoms with Crippen LogP contribution in [0, 0.1) is 5.82 Å². The summed E-state index contributed by atoms with van der Waals surface area (Å²) < 4.78 is 23.9. The number of rotatable bonds is 7. The summed E-state index contributed by atoms with van der Waals surface area (Å²) in [6, 6.07) is 18.5. The number of nitrogens with zero attached hydrogens (tertiary/aromatic N) is 2. The van der Waals surface area contributed by atoms with Gasteiger partial charge in [0.25, 0.3) is 5.91 Å². The monoisotopic (exact) mass is 479 g/mol. The predicted octanol–water partition coefficient (Wildman–Crippen LogP) is 4.38. The molecule has 174 valence electrons. The molecule has 1 aliphatic heterocycles. The Morgan fingerprint density at radius 3 is 2.00 bits per heavy atom. The van der Waals surface area contributed by atoms with Crippen molar-refractivity contribution in [2.45, 2.75) is 12.5 Å². The summed E-state index contributed by atoms with van der Waals surface area (Å²) in [5.74, 6) is 0.152. The van der Waals surface area contributed by atoms with Gasteiger partial charge in [-0.1, -0.05) is 0 Å². The molecule has 1 fully saturated rings. The van der Waals surface area contributed by atoms with E-state index in [0.717, 1.165) is 0 Å².